The summed E-state index contributed by atoms with van der Waals surface area (Å²) in [7, 11) is 0. The molecular formula is C22H24F3N3O4S. The third kappa shape index (κ3) is 8.68. The normalized spacial score (nSPS) is 10.9. The second-order valence-electron chi connectivity index (χ2n) is 6.99. The van der Waals surface area contributed by atoms with Gasteiger partial charge in [0.25, 0.3) is 5.91 Å². The highest BCUT2D eigenvalue weighted by molar-refractivity contribution is 7.80. The lowest BCUT2D eigenvalue weighted by molar-refractivity contribution is -0.142. The van der Waals surface area contributed by atoms with Crippen LogP contribution in [0.15, 0.2) is 36.5 Å². The molecule has 2 N–H and O–H groups in total. The van der Waals surface area contributed by atoms with Crippen molar-refractivity contribution in [3.05, 3.63) is 53.3 Å². The van der Waals surface area contributed by atoms with E-state index in [2.05, 4.69) is 15.6 Å². The van der Waals surface area contributed by atoms with Crippen LogP contribution in [0.2, 0.25) is 0 Å². The molecule has 0 saturated heterocycles. The van der Waals surface area contributed by atoms with Crippen LogP contribution >= 0.6 is 12.2 Å². The molecule has 1 aromatic carbocycles. The summed E-state index contributed by atoms with van der Waals surface area (Å²) in [5.41, 5.74) is -0.286. The Morgan fingerprint density at radius 1 is 1.15 bits per heavy atom. The maximum Gasteiger partial charge on any atom is 0.420 e. The SMILES string of the molecule is CCCCCOc1ccc(NC(=S)NC(=O)c2ccc(COC(C)=O)nc2)cc1C(F)(F)F. The Balaban J connectivity index is 2.01. The predicted molar refractivity (Wildman–Crippen MR) is 120 cm³/mol. The summed E-state index contributed by atoms with van der Waals surface area (Å²) >= 11 is 5.04. The van der Waals surface area contributed by atoms with Crippen molar-refractivity contribution in [1.82, 2.24) is 10.3 Å². The minimum Gasteiger partial charge on any atom is -0.493 e. The molecular weight excluding hydrogens is 459 g/mol. The van der Waals surface area contributed by atoms with E-state index >= 15 is 0 Å². The quantitative estimate of drug-likeness (QED) is 0.299. The number of nitrogens with one attached hydrogen (secondary N) is 2. The number of hydrogen-bond acceptors (Lipinski definition) is 6. The molecule has 7 nitrogen and oxygen atoms in total. The van der Waals surface area contributed by atoms with Crippen LogP contribution in [0.4, 0.5) is 18.9 Å². The van der Waals surface area contributed by atoms with E-state index in [4.69, 9.17) is 21.7 Å². The van der Waals surface area contributed by atoms with E-state index in [-0.39, 0.29) is 35.3 Å². The Morgan fingerprint density at radius 2 is 1.91 bits per heavy atom. The van der Waals surface area contributed by atoms with Gasteiger partial charge in [0.2, 0.25) is 0 Å². The molecule has 1 aromatic heterocycles. The van der Waals surface area contributed by atoms with Crippen molar-refractivity contribution in [2.24, 2.45) is 0 Å². The first-order chi connectivity index (χ1) is 15.6. The molecule has 178 valence electrons. The second kappa shape index (κ2) is 12.1. The summed E-state index contributed by atoms with van der Waals surface area (Å²) in [4.78, 5) is 27.1. The molecule has 11 heteroatoms. The second-order valence-corrected chi connectivity index (χ2v) is 7.40. The summed E-state index contributed by atoms with van der Waals surface area (Å²) in [6, 6.07) is 6.43. The number of aromatic nitrogens is 1. The topological polar surface area (TPSA) is 89.5 Å². The third-order valence-electron chi connectivity index (χ3n) is 4.29. The minimum atomic E-state index is -4.62. The zero-order valence-corrected chi connectivity index (χ0v) is 18.9. The van der Waals surface area contributed by atoms with Gasteiger partial charge in [-0.15, -0.1) is 0 Å². The maximum absolute atomic E-state index is 13.5. The van der Waals surface area contributed by atoms with Crippen LogP contribution in [0.1, 0.15) is 54.7 Å². The smallest absolute Gasteiger partial charge is 0.420 e. The number of carbonyl (C=O) groups excluding carboxylic acids is 2. The first-order valence-corrected chi connectivity index (χ1v) is 10.6. The van der Waals surface area contributed by atoms with Crippen molar-refractivity contribution in [2.75, 3.05) is 11.9 Å². The van der Waals surface area contributed by atoms with Crippen molar-refractivity contribution >= 4 is 34.9 Å². The van der Waals surface area contributed by atoms with Crippen LogP contribution in [0.5, 0.6) is 5.75 Å². The van der Waals surface area contributed by atoms with E-state index < -0.39 is 23.6 Å². The van der Waals surface area contributed by atoms with Gasteiger partial charge in [-0.05, 0) is 49.0 Å². The highest BCUT2D eigenvalue weighted by atomic mass is 32.1. The number of alkyl halides is 3. The summed E-state index contributed by atoms with van der Waals surface area (Å²) < 4.78 is 50.5. The number of esters is 1. The summed E-state index contributed by atoms with van der Waals surface area (Å²) in [5.74, 6) is -1.33. The van der Waals surface area contributed by atoms with Gasteiger partial charge in [0.05, 0.1) is 23.4 Å². The average Bonchev–Trinajstić information content (AvgIpc) is 2.75. The van der Waals surface area contributed by atoms with Gasteiger partial charge in [-0.1, -0.05) is 19.8 Å². The number of pyridine rings is 1. The molecule has 1 heterocycles. The molecule has 0 radical (unpaired) electrons. The van der Waals surface area contributed by atoms with Gasteiger partial charge in [-0.3, -0.25) is 19.9 Å². The molecule has 0 fully saturated rings. The molecule has 0 aliphatic carbocycles. The van der Waals surface area contributed by atoms with Crippen LogP contribution < -0.4 is 15.4 Å². The van der Waals surface area contributed by atoms with E-state index in [9.17, 15) is 22.8 Å². The highest BCUT2D eigenvalue weighted by Gasteiger charge is 2.34. The van der Waals surface area contributed by atoms with Crippen molar-refractivity contribution in [1.29, 1.82) is 0 Å². The average molecular weight is 484 g/mol. The highest BCUT2D eigenvalue weighted by Crippen LogP contribution is 2.38. The zero-order valence-electron chi connectivity index (χ0n) is 18.1. The molecule has 1 amide bonds. The molecule has 2 rings (SSSR count). The number of rotatable bonds is 9. The molecule has 0 atom stereocenters. The van der Waals surface area contributed by atoms with Gasteiger partial charge in [0.15, 0.2) is 5.11 Å². The largest absolute Gasteiger partial charge is 0.493 e. The molecule has 0 spiro atoms. The number of ether oxygens (including phenoxy) is 2. The van der Waals surface area contributed by atoms with Crippen molar-refractivity contribution < 1.29 is 32.2 Å². The number of carbonyl (C=O) groups is 2. The van der Waals surface area contributed by atoms with E-state index in [0.29, 0.717) is 12.1 Å². The van der Waals surface area contributed by atoms with Gasteiger partial charge in [-0.2, -0.15) is 13.2 Å². The number of amides is 1. The number of hydrogen-bond donors (Lipinski definition) is 2. The van der Waals surface area contributed by atoms with Crippen molar-refractivity contribution in [2.45, 2.75) is 45.9 Å². The molecule has 0 aliphatic heterocycles. The number of thiocarbonyl (C=S) groups is 1. The number of benzene rings is 1. The van der Waals surface area contributed by atoms with Gasteiger partial charge < -0.3 is 14.8 Å². The summed E-state index contributed by atoms with van der Waals surface area (Å²) in [6.07, 6.45) is -0.912. The first-order valence-electron chi connectivity index (χ1n) is 10.1. The third-order valence-corrected chi connectivity index (χ3v) is 4.49. The lowest BCUT2D eigenvalue weighted by Crippen LogP contribution is -2.34. The fraction of sp³-hybridized carbons (Fsp3) is 0.364. The van der Waals surface area contributed by atoms with Crippen molar-refractivity contribution in [3.63, 3.8) is 0 Å². The van der Waals surface area contributed by atoms with Crippen LogP contribution in [0.25, 0.3) is 0 Å². The van der Waals surface area contributed by atoms with Gasteiger partial charge in [-0.25, -0.2) is 0 Å². The number of anilines is 1. The molecule has 0 saturated carbocycles. The van der Waals surface area contributed by atoms with Crippen LogP contribution in [0.3, 0.4) is 0 Å². The summed E-state index contributed by atoms with van der Waals surface area (Å²) in [5, 5.41) is 4.76. The fourth-order valence-electron chi connectivity index (χ4n) is 2.65. The lowest BCUT2D eigenvalue weighted by Gasteiger charge is -2.16. The standard InChI is InChI=1S/C22H24F3N3O4S/c1-3-4-5-10-31-19-9-8-16(11-18(19)22(23,24)25)27-21(33)28-20(30)15-6-7-17(26-12-15)13-32-14(2)29/h6-9,11-12H,3-5,10,13H2,1-2H3,(H2,27,28,30,33). The number of halogens is 3. The van der Waals surface area contributed by atoms with Gasteiger partial charge >= 0.3 is 12.1 Å². The Labute approximate surface area is 194 Å². The number of unbranched alkanes of at least 4 members (excludes halogenated alkanes) is 2. The van der Waals surface area contributed by atoms with Gasteiger partial charge in [0.1, 0.15) is 12.4 Å². The van der Waals surface area contributed by atoms with E-state index in [1.54, 1.807) is 0 Å². The monoisotopic (exact) mass is 483 g/mol. The van der Waals surface area contributed by atoms with E-state index in [1.807, 2.05) is 6.92 Å². The van der Waals surface area contributed by atoms with Gasteiger partial charge in [0, 0.05) is 18.8 Å². The summed E-state index contributed by atoms with van der Waals surface area (Å²) in [6.45, 7) is 3.41. The Kier molecular flexibility index (Phi) is 9.58. The van der Waals surface area contributed by atoms with E-state index in [0.717, 1.165) is 18.9 Å². The Bertz CT molecular complexity index is 982. The molecule has 33 heavy (non-hydrogen) atoms. The van der Waals surface area contributed by atoms with E-state index in [1.165, 1.54) is 37.4 Å². The van der Waals surface area contributed by atoms with Crippen LogP contribution in [-0.2, 0) is 22.3 Å². The van der Waals surface area contributed by atoms with Crippen molar-refractivity contribution in [3.8, 4) is 5.75 Å². The predicted octanol–water partition coefficient (Wildman–Crippen LogP) is 4.86. The fourth-order valence-corrected chi connectivity index (χ4v) is 2.86. The Morgan fingerprint density at radius 3 is 2.52 bits per heavy atom. The molecule has 0 unspecified atom stereocenters. The zero-order chi connectivity index (χ0) is 24.4. The van der Waals surface area contributed by atoms with Crippen LogP contribution in [0, 0.1) is 0 Å². The molecule has 0 bridgehead atoms. The molecule has 2 aromatic rings. The molecule has 0 aliphatic rings. The number of nitrogens with zero attached hydrogens (tertiary/aromatic N) is 1. The first kappa shape index (κ1) is 26.0. The Hall–Kier alpha value is -3.21. The minimum absolute atomic E-state index is 0.0307. The van der Waals surface area contributed by atoms with Crippen LogP contribution in [-0.4, -0.2) is 28.6 Å². The lowest BCUT2D eigenvalue weighted by atomic mass is 10.1. The maximum atomic E-state index is 13.5.